The lowest BCUT2D eigenvalue weighted by molar-refractivity contribution is 0.107. The fourth-order valence-electron chi connectivity index (χ4n) is 8.14. The second-order valence-electron chi connectivity index (χ2n) is 12.8. The van der Waals surface area contributed by atoms with Crippen molar-refractivity contribution in [2.45, 2.75) is 56.3 Å². The molecule has 2 aromatic carbocycles. The number of anilines is 2. The summed E-state index contributed by atoms with van der Waals surface area (Å²) in [6, 6.07) is 6.67. The molecule has 3 fully saturated rings. The predicted octanol–water partition coefficient (Wildman–Crippen LogP) is 6.74. The summed E-state index contributed by atoms with van der Waals surface area (Å²) in [5.41, 5.74) is 5.54. The average Bonchev–Trinajstić information content (AvgIpc) is 3.70. The van der Waals surface area contributed by atoms with Crippen LogP contribution in [0.1, 0.15) is 44.1 Å². The van der Waals surface area contributed by atoms with E-state index in [1.165, 1.54) is 12.1 Å². The molecule has 14 heteroatoms. The van der Waals surface area contributed by atoms with E-state index in [4.69, 9.17) is 31.8 Å². The number of hydrogen-bond donors (Lipinski definition) is 1. The molecule has 3 saturated heterocycles. The number of alkyl halides is 1. The van der Waals surface area contributed by atoms with Crippen molar-refractivity contribution in [3.63, 3.8) is 0 Å². The Balaban J connectivity index is 1.36. The van der Waals surface area contributed by atoms with E-state index >= 15 is 4.39 Å². The molecule has 8 rings (SSSR count). The number of nitrogens with two attached hydrogens (primary N) is 1. The highest BCUT2D eigenvalue weighted by molar-refractivity contribution is 7.23. The maximum absolute atomic E-state index is 17.2. The van der Waals surface area contributed by atoms with Gasteiger partial charge in [-0.25, -0.2) is 13.2 Å². The smallest absolute Gasteiger partial charge is 0.319 e. The molecule has 47 heavy (non-hydrogen) atoms. The van der Waals surface area contributed by atoms with Gasteiger partial charge in [-0.1, -0.05) is 17.7 Å². The van der Waals surface area contributed by atoms with Gasteiger partial charge in [0.1, 0.15) is 41.0 Å². The van der Waals surface area contributed by atoms with Crippen LogP contribution >= 0.6 is 22.9 Å². The van der Waals surface area contributed by atoms with Crippen molar-refractivity contribution >= 4 is 54.7 Å². The number of nitriles is 2. The standard InChI is InChI=1S/C33H29ClF3N7O2S/c34-25-23(18-4-5-20(36)29-22(18)19(13-39)30(40)47-29)26(37)27-24-28(25)45-10-6-21-16(12-38)3-1-9-44(21)31(24)42-32(41-27)46-15-33-7-2-8-43(33)14-17(35)11-33/h4-5,16-17,21H,1-3,6-11,14-15,40H2/t16?,17-,21?,33?/m1/s1. The molecule has 0 aliphatic carbocycles. The van der Waals surface area contributed by atoms with Gasteiger partial charge in [-0.15, -0.1) is 11.3 Å². The van der Waals surface area contributed by atoms with Crippen molar-refractivity contribution in [2.75, 3.05) is 43.5 Å². The lowest BCUT2D eigenvalue weighted by Gasteiger charge is -2.41. The molecule has 0 bridgehead atoms. The minimum absolute atomic E-state index is 0.0212. The van der Waals surface area contributed by atoms with Crippen molar-refractivity contribution in [2.24, 2.45) is 5.92 Å². The van der Waals surface area contributed by atoms with Crippen molar-refractivity contribution in [1.82, 2.24) is 14.9 Å². The van der Waals surface area contributed by atoms with Gasteiger partial charge in [-0.3, -0.25) is 4.90 Å². The number of nitrogens with zero attached hydrogens (tertiary/aromatic N) is 6. The normalized spacial score (nSPS) is 25.5. The number of thiophene rings is 1. The molecule has 0 radical (unpaired) electrons. The van der Waals surface area contributed by atoms with Gasteiger partial charge in [-0.2, -0.15) is 20.5 Å². The third-order valence-corrected chi connectivity index (χ3v) is 11.6. The fraction of sp³-hybridized carbons (Fsp3) is 0.455. The topological polar surface area (TPSA) is 124 Å². The van der Waals surface area contributed by atoms with Crippen LogP contribution in [0.15, 0.2) is 12.1 Å². The minimum atomic E-state index is -0.958. The first-order valence-corrected chi connectivity index (χ1v) is 16.9. The molecule has 242 valence electrons. The van der Waals surface area contributed by atoms with E-state index in [2.05, 4.69) is 16.0 Å². The number of aromatic nitrogens is 2. The molecule has 0 amide bonds. The van der Waals surface area contributed by atoms with Crippen LogP contribution in [0.5, 0.6) is 11.8 Å². The lowest BCUT2D eigenvalue weighted by Crippen LogP contribution is -2.47. The third kappa shape index (κ3) is 4.58. The molecule has 4 aliphatic rings. The molecule has 4 aromatic rings. The molecule has 3 unspecified atom stereocenters. The van der Waals surface area contributed by atoms with E-state index < -0.39 is 23.3 Å². The highest BCUT2D eigenvalue weighted by atomic mass is 35.5. The van der Waals surface area contributed by atoms with Crippen LogP contribution in [-0.4, -0.2) is 65.5 Å². The zero-order valence-electron chi connectivity index (χ0n) is 25.2. The average molecular weight is 680 g/mol. The van der Waals surface area contributed by atoms with Gasteiger partial charge in [0.2, 0.25) is 0 Å². The molecule has 6 heterocycles. The second-order valence-corrected chi connectivity index (χ2v) is 14.2. The van der Waals surface area contributed by atoms with E-state index in [1.54, 1.807) is 0 Å². The molecule has 9 nitrogen and oxygen atoms in total. The van der Waals surface area contributed by atoms with Gasteiger partial charge in [0.05, 0.1) is 44.8 Å². The first-order chi connectivity index (χ1) is 22.7. The summed E-state index contributed by atoms with van der Waals surface area (Å²) < 4.78 is 59.3. The van der Waals surface area contributed by atoms with Gasteiger partial charge in [0.15, 0.2) is 11.6 Å². The van der Waals surface area contributed by atoms with E-state index in [-0.39, 0.29) is 84.6 Å². The molecule has 0 saturated carbocycles. The van der Waals surface area contributed by atoms with Gasteiger partial charge in [-0.05, 0) is 43.9 Å². The monoisotopic (exact) mass is 679 g/mol. The van der Waals surface area contributed by atoms with Crippen LogP contribution in [0, 0.1) is 40.2 Å². The van der Waals surface area contributed by atoms with Gasteiger partial charge < -0.3 is 20.1 Å². The molecule has 2 N–H and O–H groups in total. The number of benzene rings is 2. The summed E-state index contributed by atoms with van der Waals surface area (Å²) in [6.07, 6.45) is 2.99. The van der Waals surface area contributed by atoms with E-state index in [0.717, 1.165) is 37.1 Å². The zero-order valence-corrected chi connectivity index (χ0v) is 26.7. The molecular formula is C33H29ClF3N7O2S. The summed E-state index contributed by atoms with van der Waals surface area (Å²) in [4.78, 5) is 13.5. The van der Waals surface area contributed by atoms with Crippen LogP contribution in [0.25, 0.3) is 32.1 Å². The van der Waals surface area contributed by atoms with Crippen molar-refractivity contribution in [1.29, 1.82) is 10.5 Å². The van der Waals surface area contributed by atoms with Crippen molar-refractivity contribution in [3.05, 3.63) is 34.4 Å². The lowest BCUT2D eigenvalue weighted by atomic mass is 9.87. The van der Waals surface area contributed by atoms with Gasteiger partial charge in [0.25, 0.3) is 0 Å². The number of ether oxygens (including phenoxy) is 2. The Morgan fingerprint density at radius 1 is 1.17 bits per heavy atom. The van der Waals surface area contributed by atoms with Gasteiger partial charge >= 0.3 is 6.01 Å². The SMILES string of the molecule is N#Cc1c(N)sc2c(F)ccc(-c3c(Cl)c4c5c(nc(OCC67CCCN6C[C@H](F)C7)nc5c3F)N3CCCC(C#N)C3CCO4)c12. The Kier molecular flexibility index (Phi) is 7.28. The molecular weight excluding hydrogens is 651 g/mol. The second kappa shape index (κ2) is 11.3. The number of piperidine rings is 1. The van der Waals surface area contributed by atoms with Crippen molar-refractivity contribution in [3.8, 4) is 35.0 Å². The summed E-state index contributed by atoms with van der Waals surface area (Å²) in [5.74, 6) is -1.24. The van der Waals surface area contributed by atoms with Crippen LogP contribution in [-0.2, 0) is 0 Å². The largest absolute Gasteiger partial charge is 0.491 e. The highest BCUT2D eigenvalue weighted by Gasteiger charge is 2.49. The Labute approximate surface area is 277 Å². The maximum Gasteiger partial charge on any atom is 0.319 e. The van der Waals surface area contributed by atoms with Crippen LogP contribution in [0.3, 0.4) is 0 Å². The van der Waals surface area contributed by atoms with Gasteiger partial charge in [0, 0.05) is 42.9 Å². The quantitative estimate of drug-likeness (QED) is 0.250. The summed E-state index contributed by atoms with van der Waals surface area (Å²) in [7, 11) is 0. The summed E-state index contributed by atoms with van der Waals surface area (Å²) in [5, 5.41) is 20.3. The van der Waals surface area contributed by atoms with E-state index in [9.17, 15) is 19.3 Å². The van der Waals surface area contributed by atoms with E-state index in [1.807, 2.05) is 11.0 Å². The van der Waals surface area contributed by atoms with Crippen LogP contribution in [0.4, 0.5) is 24.0 Å². The number of halogens is 4. The molecule has 4 aliphatic heterocycles. The molecule has 0 spiro atoms. The minimum Gasteiger partial charge on any atom is -0.491 e. The predicted molar refractivity (Wildman–Crippen MR) is 173 cm³/mol. The first kappa shape index (κ1) is 30.3. The van der Waals surface area contributed by atoms with Crippen LogP contribution in [0.2, 0.25) is 5.02 Å². The Bertz CT molecular complexity index is 2050. The molecule has 2 aromatic heterocycles. The Hall–Kier alpha value is -4.04. The highest BCUT2D eigenvalue weighted by Crippen LogP contribution is 2.51. The fourth-order valence-corrected chi connectivity index (χ4v) is 9.43. The maximum atomic E-state index is 17.2. The summed E-state index contributed by atoms with van der Waals surface area (Å²) >= 11 is 7.93. The van der Waals surface area contributed by atoms with E-state index in [0.29, 0.717) is 38.2 Å². The van der Waals surface area contributed by atoms with Crippen LogP contribution < -0.4 is 20.1 Å². The Morgan fingerprint density at radius 2 is 2.02 bits per heavy atom. The first-order valence-electron chi connectivity index (χ1n) is 15.7. The van der Waals surface area contributed by atoms with Crippen molar-refractivity contribution < 1.29 is 22.6 Å². The Morgan fingerprint density at radius 3 is 2.83 bits per heavy atom. The zero-order chi connectivity index (χ0) is 32.6. The molecule has 4 atom stereocenters. The number of nitrogen functional groups attached to an aromatic ring is 1. The third-order valence-electron chi connectivity index (χ3n) is 10.2. The number of rotatable bonds is 4. The number of fused-ring (bicyclic) bond motifs is 4. The number of hydrogen-bond acceptors (Lipinski definition) is 10. The summed E-state index contributed by atoms with van der Waals surface area (Å²) in [6.45, 7) is 2.01.